The number of carbonyl (C=O) groups is 2. The smallest absolute Gasteiger partial charge is 0.234 e. The Kier molecular flexibility index (Phi) is 7.52. The van der Waals surface area contributed by atoms with Crippen LogP contribution < -0.4 is 0 Å². The van der Waals surface area contributed by atoms with Crippen LogP contribution in [0.3, 0.4) is 0 Å². The molecule has 1 amide bonds. The van der Waals surface area contributed by atoms with Crippen LogP contribution in [0.1, 0.15) is 68.2 Å². The molecular formula is C27H33N3O4S. The zero-order valence-electron chi connectivity index (χ0n) is 20.9. The number of thiazole rings is 1. The lowest BCUT2D eigenvalue weighted by Gasteiger charge is -2.29. The van der Waals surface area contributed by atoms with Crippen LogP contribution >= 0.6 is 11.3 Å². The van der Waals surface area contributed by atoms with E-state index >= 15 is 0 Å². The zero-order valence-corrected chi connectivity index (χ0v) is 21.7. The Morgan fingerprint density at radius 1 is 1.20 bits per heavy atom. The molecule has 0 aliphatic carbocycles. The highest BCUT2D eigenvalue weighted by Gasteiger charge is 2.43. The number of hydrogen-bond acceptors (Lipinski definition) is 7. The van der Waals surface area contributed by atoms with Gasteiger partial charge in [0, 0.05) is 25.5 Å². The Morgan fingerprint density at radius 2 is 1.91 bits per heavy atom. The summed E-state index contributed by atoms with van der Waals surface area (Å²) in [6.07, 6.45) is -0.149. The quantitative estimate of drug-likeness (QED) is 0.478. The van der Waals surface area contributed by atoms with Gasteiger partial charge in [0.15, 0.2) is 5.78 Å². The van der Waals surface area contributed by atoms with Gasteiger partial charge in [-0.2, -0.15) is 0 Å². The predicted octanol–water partition coefficient (Wildman–Crippen LogP) is 4.88. The molecule has 7 nitrogen and oxygen atoms in total. The van der Waals surface area contributed by atoms with E-state index in [-0.39, 0.29) is 36.5 Å². The maximum atomic E-state index is 13.6. The Morgan fingerprint density at radius 3 is 2.49 bits per heavy atom. The van der Waals surface area contributed by atoms with Crippen LogP contribution in [0.15, 0.2) is 40.4 Å². The first-order chi connectivity index (χ1) is 16.7. The van der Waals surface area contributed by atoms with Gasteiger partial charge in [0.25, 0.3) is 0 Å². The Hall–Kier alpha value is -2.84. The fraction of sp³-hybridized carbons (Fsp3) is 0.481. The molecule has 0 saturated carbocycles. The van der Waals surface area contributed by atoms with E-state index in [0.717, 1.165) is 21.7 Å². The summed E-state index contributed by atoms with van der Waals surface area (Å²) in [5.41, 5.74) is 5.74. The predicted molar refractivity (Wildman–Crippen MR) is 135 cm³/mol. The van der Waals surface area contributed by atoms with Gasteiger partial charge in [0.2, 0.25) is 5.91 Å². The first-order valence-corrected chi connectivity index (χ1v) is 13.0. The summed E-state index contributed by atoms with van der Waals surface area (Å²) in [4.78, 5) is 34.0. The van der Waals surface area contributed by atoms with Gasteiger partial charge in [-0.05, 0) is 36.8 Å². The minimum Gasteiger partial charge on any atom is -0.391 e. The van der Waals surface area contributed by atoms with Crippen molar-refractivity contribution in [1.29, 1.82) is 0 Å². The molecular weight excluding hydrogens is 462 g/mol. The van der Waals surface area contributed by atoms with E-state index in [0.29, 0.717) is 17.9 Å². The van der Waals surface area contributed by atoms with E-state index in [9.17, 15) is 14.7 Å². The molecule has 0 bridgehead atoms. The molecule has 35 heavy (non-hydrogen) atoms. The van der Waals surface area contributed by atoms with Gasteiger partial charge >= 0.3 is 0 Å². The summed E-state index contributed by atoms with van der Waals surface area (Å²) < 4.78 is 5.41. The van der Waals surface area contributed by atoms with Gasteiger partial charge < -0.3 is 14.5 Å². The largest absolute Gasteiger partial charge is 0.391 e. The van der Waals surface area contributed by atoms with Gasteiger partial charge in [-0.3, -0.25) is 9.59 Å². The summed E-state index contributed by atoms with van der Waals surface area (Å²) in [5.74, 6) is -0.310. The van der Waals surface area contributed by atoms with E-state index in [1.165, 1.54) is 0 Å². The van der Waals surface area contributed by atoms with Gasteiger partial charge in [0.05, 0.1) is 33.9 Å². The number of benzene rings is 1. The Bertz CT molecular complexity index is 1180. The van der Waals surface area contributed by atoms with Gasteiger partial charge in [-0.15, -0.1) is 11.3 Å². The van der Waals surface area contributed by atoms with Crippen LogP contribution in [0.25, 0.3) is 10.4 Å². The molecule has 1 aromatic carbocycles. The highest BCUT2D eigenvalue weighted by atomic mass is 32.1. The fourth-order valence-corrected chi connectivity index (χ4v) is 5.72. The van der Waals surface area contributed by atoms with Crippen molar-refractivity contribution in [3.8, 4) is 10.4 Å². The molecule has 1 N–H and O–H groups in total. The lowest BCUT2D eigenvalue weighted by molar-refractivity contribution is -0.140. The van der Waals surface area contributed by atoms with Crippen molar-refractivity contribution in [2.75, 3.05) is 6.54 Å². The number of aryl methyl sites for hydroxylation is 2. The fourth-order valence-electron chi connectivity index (χ4n) is 4.90. The molecule has 1 fully saturated rings. The second-order valence-corrected chi connectivity index (χ2v) is 10.8. The molecule has 1 saturated heterocycles. The third-order valence-corrected chi connectivity index (χ3v) is 7.79. The highest BCUT2D eigenvalue weighted by Crippen LogP contribution is 2.33. The molecule has 2 aromatic heterocycles. The summed E-state index contributed by atoms with van der Waals surface area (Å²) in [5, 5.41) is 14.3. The Labute approximate surface area is 210 Å². The van der Waals surface area contributed by atoms with Crippen LogP contribution in [0, 0.1) is 19.8 Å². The normalized spacial score (nSPS) is 19.8. The number of likely N-dealkylation sites (tertiary alicyclic amines) is 1. The number of aliphatic hydroxyl groups excluding tert-OH is 1. The maximum absolute atomic E-state index is 13.6. The van der Waals surface area contributed by atoms with E-state index in [4.69, 9.17) is 4.52 Å². The minimum absolute atomic E-state index is 0.00776. The highest BCUT2D eigenvalue weighted by molar-refractivity contribution is 7.13. The number of nitrogens with zero attached hydrogens (tertiary/aromatic N) is 3. The molecule has 1 aliphatic heterocycles. The molecule has 0 unspecified atom stereocenters. The standard InChI is InChI=1S/C27H33N3O4S/c1-15(2)25(24-11-17(4)29-34-24)27(33)30-13-21(31)12-22(30)23(32)10-16(3)19-6-8-20(9-7-19)26-18(5)28-14-35-26/h6-9,11,14-16,21-22,25,31H,10,12-13H2,1-5H3/t16-,21+,22+,25+/m1/s1. The van der Waals surface area contributed by atoms with Crippen molar-refractivity contribution in [3.05, 3.63) is 58.6 Å². The molecule has 3 aromatic rings. The van der Waals surface area contributed by atoms with Crippen LogP contribution in [-0.2, 0) is 9.59 Å². The SMILES string of the molecule is Cc1cc([C@@H](C(=O)N2C[C@@H](O)C[C@H]2C(=O)C[C@@H](C)c2ccc(-c3scnc3C)cc2)C(C)C)on1. The average Bonchev–Trinajstić information content (AvgIpc) is 3.53. The number of aliphatic hydroxyl groups is 1. The van der Waals surface area contributed by atoms with Crippen molar-refractivity contribution in [1.82, 2.24) is 15.0 Å². The number of ketones is 1. The first kappa shape index (κ1) is 25.3. The second-order valence-electron chi connectivity index (χ2n) is 9.95. The van der Waals surface area contributed by atoms with Crippen LogP contribution in [0.2, 0.25) is 0 Å². The van der Waals surface area contributed by atoms with Crippen molar-refractivity contribution in [2.24, 2.45) is 5.92 Å². The number of β-amino-alcohol motifs (C(OH)–C–C–N with tert-alkyl or cyclic N) is 1. The molecule has 0 spiro atoms. The third-order valence-electron chi connectivity index (χ3n) is 6.81. The van der Waals surface area contributed by atoms with Gasteiger partial charge in [0.1, 0.15) is 11.7 Å². The molecule has 186 valence electrons. The van der Waals surface area contributed by atoms with Gasteiger partial charge in [-0.25, -0.2) is 4.98 Å². The monoisotopic (exact) mass is 495 g/mol. The Balaban J connectivity index is 1.47. The molecule has 4 rings (SSSR count). The number of aromatic nitrogens is 2. The van der Waals surface area contributed by atoms with E-state index < -0.39 is 18.1 Å². The number of hydrogen-bond donors (Lipinski definition) is 1. The summed E-state index contributed by atoms with van der Waals surface area (Å²) in [6.45, 7) is 9.89. The summed E-state index contributed by atoms with van der Waals surface area (Å²) >= 11 is 1.61. The number of amides is 1. The molecule has 0 radical (unpaired) electrons. The molecule has 8 heteroatoms. The van der Waals surface area contributed by atoms with Crippen molar-refractivity contribution in [3.63, 3.8) is 0 Å². The second kappa shape index (κ2) is 10.4. The van der Waals surface area contributed by atoms with Crippen LogP contribution in [-0.4, -0.2) is 50.5 Å². The van der Waals surface area contributed by atoms with Crippen LogP contribution in [0.5, 0.6) is 0 Å². The summed E-state index contributed by atoms with van der Waals surface area (Å²) in [6, 6.07) is 9.38. The number of rotatable bonds is 8. The topological polar surface area (TPSA) is 96.5 Å². The van der Waals surface area contributed by atoms with E-state index in [1.54, 1.807) is 22.3 Å². The first-order valence-electron chi connectivity index (χ1n) is 12.1. The van der Waals surface area contributed by atoms with Gasteiger partial charge in [-0.1, -0.05) is 50.2 Å². The average molecular weight is 496 g/mol. The maximum Gasteiger partial charge on any atom is 0.234 e. The zero-order chi connectivity index (χ0) is 25.3. The molecule has 1 aliphatic rings. The number of carbonyl (C=O) groups excluding carboxylic acids is 2. The number of Topliss-reactive ketones (excluding diaryl/α,β-unsaturated/α-hetero) is 1. The lowest BCUT2D eigenvalue weighted by Crippen LogP contribution is -2.44. The molecule has 4 atom stereocenters. The van der Waals surface area contributed by atoms with Crippen LogP contribution in [0.4, 0.5) is 0 Å². The van der Waals surface area contributed by atoms with Crippen molar-refractivity contribution >= 4 is 23.0 Å². The van der Waals surface area contributed by atoms with Crippen molar-refractivity contribution < 1.29 is 19.2 Å². The third kappa shape index (κ3) is 5.38. The lowest BCUT2D eigenvalue weighted by atomic mass is 9.89. The van der Waals surface area contributed by atoms with Crippen molar-refractivity contribution in [2.45, 2.75) is 71.4 Å². The summed E-state index contributed by atoms with van der Waals surface area (Å²) in [7, 11) is 0. The minimum atomic E-state index is -0.714. The van der Waals surface area contributed by atoms with E-state index in [1.807, 2.05) is 40.1 Å². The van der Waals surface area contributed by atoms with E-state index in [2.05, 4.69) is 34.4 Å². The molecule has 3 heterocycles.